The molecule has 2 N–H and O–H groups in total. The summed E-state index contributed by atoms with van der Waals surface area (Å²) >= 11 is 0. The summed E-state index contributed by atoms with van der Waals surface area (Å²) in [6.45, 7) is 2.45. The second-order valence-electron chi connectivity index (χ2n) is 11.2. The standard InChI is InChI=1S/C26H32F3N5O2/c27-26(28,29)19-11-17-15-33(8-4-21(17)31-13-19)24(36)25-6-1-2-18(25)10-16(12-25)20-14-30-7-3-22(20)34-9-5-23(35)32-34/h5,9,11,13,16,18,20,22,30H,1-4,6-8,10,12,14-15H2,(H,32,35)/t16-,18+,20?,22?,25+/m0/s1. The number of aromatic amines is 1. The Labute approximate surface area is 207 Å². The van der Waals surface area contributed by atoms with Crippen molar-refractivity contribution >= 4 is 5.91 Å². The maximum atomic E-state index is 14.1. The Hall–Kier alpha value is -2.62. The van der Waals surface area contributed by atoms with Crippen LogP contribution in [0, 0.1) is 23.2 Å². The van der Waals surface area contributed by atoms with Gasteiger partial charge in [0, 0.05) is 50.2 Å². The van der Waals surface area contributed by atoms with Gasteiger partial charge in [-0.05, 0) is 68.0 Å². The summed E-state index contributed by atoms with van der Waals surface area (Å²) in [6, 6.07) is 2.92. The van der Waals surface area contributed by atoms with E-state index in [1.54, 1.807) is 11.0 Å². The Balaban J connectivity index is 1.23. The predicted octanol–water partition coefficient (Wildman–Crippen LogP) is 3.52. The smallest absolute Gasteiger partial charge is 0.337 e. The van der Waals surface area contributed by atoms with E-state index in [9.17, 15) is 22.8 Å². The summed E-state index contributed by atoms with van der Waals surface area (Å²) in [5, 5.41) is 6.45. The minimum absolute atomic E-state index is 0.101. The molecular formula is C26H32F3N5O2. The lowest BCUT2D eigenvalue weighted by Crippen LogP contribution is -2.47. The van der Waals surface area contributed by atoms with E-state index in [-0.39, 0.29) is 24.1 Å². The van der Waals surface area contributed by atoms with Gasteiger partial charge in [-0.15, -0.1) is 0 Å². The summed E-state index contributed by atoms with van der Waals surface area (Å²) in [5.41, 5.74) is -0.113. The summed E-state index contributed by atoms with van der Waals surface area (Å²) in [5.74, 6) is 1.10. The highest BCUT2D eigenvalue weighted by atomic mass is 19.4. The van der Waals surface area contributed by atoms with Gasteiger partial charge >= 0.3 is 6.18 Å². The molecule has 2 unspecified atom stereocenters. The maximum Gasteiger partial charge on any atom is 0.417 e. The van der Waals surface area contributed by atoms with Crippen molar-refractivity contribution in [1.29, 1.82) is 0 Å². The number of rotatable bonds is 3. The molecule has 36 heavy (non-hydrogen) atoms. The van der Waals surface area contributed by atoms with Crippen molar-refractivity contribution < 1.29 is 18.0 Å². The van der Waals surface area contributed by atoms with Crippen LogP contribution >= 0.6 is 0 Å². The van der Waals surface area contributed by atoms with Crippen molar-refractivity contribution in [3.05, 3.63) is 51.7 Å². The molecule has 194 valence electrons. The van der Waals surface area contributed by atoms with Crippen LogP contribution < -0.4 is 10.9 Å². The third-order valence-electron chi connectivity index (χ3n) is 9.33. The van der Waals surface area contributed by atoms with Gasteiger partial charge < -0.3 is 10.2 Å². The van der Waals surface area contributed by atoms with E-state index >= 15 is 0 Å². The van der Waals surface area contributed by atoms with Crippen LogP contribution in [0.5, 0.6) is 0 Å². The number of hydrogen-bond acceptors (Lipinski definition) is 4. The Morgan fingerprint density at radius 1 is 1.25 bits per heavy atom. The van der Waals surface area contributed by atoms with Gasteiger partial charge in [0.2, 0.25) is 5.91 Å². The van der Waals surface area contributed by atoms with Gasteiger partial charge in [0.15, 0.2) is 0 Å². The normalized spacial score (nSPS) is 32.4. The number of nitrogens with one attached hydrogen (secondary N) is 2. The van der Waals surface area contributed by atoms with Gasteiger partial charge in [0.25, 0.3) is 5.56 Å². The first-order valence-electron chi connectivity index (χ1n) is 13.1. The molecule has 10 heteroatoms. The second kappa shape index (κ2) is 8.75. The third-order valence-corrected chi connectivity index (χ3v) is 9.33. The van der Waals surface area contributed by atoms with Crippen LogP contribution in [-0.2, 0) is 23.9 Å². The molecule has 0 bridgehead atoms. The zero-order valence-electron chi connectivity index (χ0n) is 20.2. The van der Waals surface area contributed by atoms with E-state index in [4.69, 9.17) is 0 Å². The minimum Gasteiger partial charge on any atom is -0.337 e. The average molecular weight is 504 g/mol. The van der Waals surface area contributed by atoms with Crippen molar-refractivity contribution in [2.75, 3.05) is 19.6 Å². The Morgan fingerprint density at radius 3 is 2.89 bits per heavy atom. The first-order valence-corrected chi connectivity index (χ1v) is 13.1. The number of H-pyrrole nitrogens is 1. The number of hydrogen-bond donors (Lipinski definition) is 2. The van der Waals surface area contributed by atoms with Crippen LogP contribution in [0.25, 0.3) is 0 Å². The minimum atomic E-state index is -4.45. The van der Waals surface area contributed by atoms with E-state index in [1.807, 2.05) is 10.9 Å². The first-order chi connectivity index (χ1) is 17.2. The number of pyridine rings is 1. The van der Waals surface area contributed by atoms with E-state index in [2.05, 4.69) is 15.4 Å². The fourth-order valence-electron chi connectivity index (χ4n) is 7.68. The Bertz CT molecular complexity index is 1210. The zero-order chi connectivity index (χ0) is 25.1. The first kappa shape index (κ1) is 23.8. The molecule has 0 spiro atoms. The fourth-order valence-corrected chi connectivity index (χ4v) is 7.68. The van der Waals surface area contributed by atoms with Crippen LogP contribution in [0.1, 0.15) is 61.4 Å². The quantitative estimate of drug-likeness (QED) is 0.672. The van der Waals surface area contributed by atoms with Gasteiger partial charge in [-0.2, -0.15) is 13.2 Å². The molecule has 4 heterocycles. The topological polar surface area (TPSA) is 83.0 Å². The average Bonchev–Trinajstić information content (AvgIpc) is 3.57. The lowest BCUT2D eigenvalue weighted by atomic mass is 9.76. The zero-order valence-corrected chi connectivity index (χ0v) is 20.2. The van der Waals surface area contributed by atoms with Gasteiger partial charge in [-0.3, -0.25) is 24.4 Å². The van der Waals surface area contributed by atoms with Crippen LogP contribution in [0.2, 0.25) is 0 Å². The molecule has 1 saturated heterocycles. The molecule has 3 fully saturated rings. The number of nitrogens with zero attached hydrogens (tertiary/aromatic N) is 3. The Morgan fingerprint density at radius 2 is 2.11 bits per heavy atom. The van der Waals surface area contributed by atoms with E-state index in [0.717, 1.165) is 57.8 Å². The van der Waals surface area contributed by atoms with Gasteiger partial charge in [0.1, 0.15) is 0 Å². The molecule has 2 aromatic rings. The molecule has 2 aliphatic carbocycles. The van der Waals surface area contributed by atoms with Crippen molar-refractivity contribution in [2.24, 2.45) is 23.2 Å². The lowest BCUT2D eigenvalue weighted by molar-refractivity contribution is -0.144. The highest BCUT2D eigenvalue weighted by Crippen LogP contribution is 2.60. The predicted molar refractivity (Wildman–Crippen MR) is 126 cm³/mol. The monoisotopic (exact) mass is 503 g/mol. The molecule has 2 aromatic heterocycles. The van der Waals surface area contributed by atoms with Gasteiger partial charge in [-0.25, -0.2) is 0 Å². The highest BCUT2D eigenvalue weighted by Gasteiger charge is 2.58. The lowest BCUT2D eigenvalue weighted by Gasteiger charge is -2.39. The number of carbonyl (C=O) groups is 1. The van der Waals surface area contributed by atoms with Crippen LogP contribution in [0.4, 0.5) is 13.2 Å². The number of aromatic nitrogens is 3. The van der Waals surface area contributed by atoms with Crippen molar-refractivity contribution in [3.63, 3.8) is 0 Å². The molecule has 2 saturated carbocycles. The number of halogens is 3. The Kier molecular flexibility index (Phi) is 5.77. The molecule has 7 nitrogen and oxygen atoms in total. The van der Waals surface area contributed by atoms with Crippen LogP contribution in [0.3, 0.4) is 0 Å². The second-order valence-corrected chi connectivity index (χ2v) is 11.2. The SMILES string of the molecule is O=C(N1CCc2ncc(C(F)(F)F)cc2C1)[C@@]12CCC[C@@H]1C[C@H](C1CNCCC1n1ccc(=O)[nH]1)C2. The van der Waals surface area contributed by atoms with Crippen molar-refractivity contribution in [3.8, 4) is 0 Å². The summed E-state index contributed by atoms with van der Waals surface area (Å²) < 4.78 is 41.7. The fraction of sp³-hybridized carbons (Fsp3) is 0.654. The molecule has 6 rings (SSSR count). The number of amides is 1. The molecule has 4 aliphatic rings. The number of alkyl halides is 3. The molecule has 1 amide bonds. The summed E-state index contributed by atoms with van der Waals surface area (Å²) in [6.07, 6.45) is 4.39. The molecular weight excluding hydrogens is 471 g/mol. The van der Waals surface area contributed by atoms with Gasteiger partial charge in [0.05, 0.1) is 17.0 Å². The van der Waals surface area contributed by atoms with E-state index in [0.29, 0.717) is 42.0 Å². The van der Waals surface area contributed by atoms with E-state index in [1.165, 1.54) is 6.07 Å². The molecule has 5 atom stereocenters. The van der Waals surface area contributed by atoms with Crippen molar-refractivity contribution in [2.45, 2.75) is 63.7 Å². The van der Waals surface area contributed by atoms with Crippen molar-refractivity contribution in [1.82, 2.24) is 25.0 Å². The third kappa shape index (κ3) is 3.97. The van der Waals surface area contributed by atoms with E-state index < -0.39 is 17.2 Å². The molecule has 0 aromatic carbocycles. The molecule has 2 aliphatic heterocycles. The maximum absolute atomic E-state index is 14.1. The number of piperidine rings is 1. The number of fused-ring (bicyclic) bond motifs is 2. The largest absolute Gasteiger partial charge is 0.417 e. The highest BCUT2D eigenvalue weighted by molar-refractivity contribution is 5.84. The summed E-state index contributed by atoms with van der Waals surface area (Å²) in [7, 11) is 0. The van der Waals surface area contributed by atoms with Crippen LogP contribution in [0.15, 0.2) is 29.3 Å². The van der Waals surface area contributed by atoms with Gasteiger partial charge in [-0.1, -0.05) is 6.42 Å². The molecule has 0 radical (unpaired) electrons. The van der Waals surface area contributed by atoms with Crippen LogP contribution in [-0.4, -0.2) is 45.2 Å². The number of carbonyl (C=O) groups excluding carboxylic acids is 1. The summed E-state index contributed by atoms with van der Waals surface area (Å²) in [4.78, 5) is 31.7.